The van der Waals surface area contributed by atoms with Gasteiger partial charge in [0.15, 0.2) is 0 Å². The van der Waals surface area contributed by atoms with Crippen molar-refractivity contribution in [2.24, 2.45) is 11.8 Å². The first-order valence-electron chi connectivity index (χ1n) is 10.1. The summed E-state index contributed by atoms with van der Waals surface area (Å²) in [5, 5.41) is 11.0. The molecule has 0 spiro atoms. The van der Waals surface area contributed by atoms with Gasteiger partial charge in [0.25, 0.3) is 5.91 Å². The number of thiophene rings is 1. The molecule has 2 fully saturated rings. The Bertz CT molecular complexity index is 725. The minimum absolute atomic E-state index is 0.0101. The zero-order chi connectivity index (χ0) is 19.0. The fourth-order valence-electron chi connectivity index (χ4n) is 3.66. The van der Waals surface area contributed by atoms with E-state index in [2.05, 4.69) is 29.1 Å². The number of carbonyl (C=O) groups excluding carboxylic acids is 2. The number of hydrogen-bond donors (Lipinski definition) is 3. The highest BCUT2D eigenvalue weighted by Crippen LogP contribution is 2.40. The summed E-state index contributed by atoms with van der Waals surface area (Å²) < 4.78 is 0. The summed E-state index contributed by atoms with van der Waals surface area (Å²) in [6.45, 7) is 2.93. The second-order valence-electron chi connectivity index (χ2n) is 8.11. The third kappa shape index (κ3) is 4.69. The molecule has 1 aromatic rings. The van der Waals surface area contributed by atoms with Gasteiger partial charge in [-0.3, -0.25) is 9.59 Å². The summed E-state index contributed by atoms with van der Waals surface area (Å²) in [6.07, 6.45) is 9.40. The van der Waals surface area contributed by atoms with Crippen LogP contribution in [0.1, 0.15) is 59.8 Å². The highest BCUT2D eigenvalue weighted by Gasteiger charge is 2.34. The Labute approximate surface area is 169 Å². The number of rotatable bonds is 8. The van der Waals surface area contributed by atoms with E-state index >= 15 is 0 Å². The summed E-state index contributed by atoms with van der Waals surface area (Å²) in [7, 11) is 0. The maximum absolute atomic E-state index is 13.0. The van der Waals surface area contributed by atoms with Crippen LogP contribution in [0.25, 0.3) is 0 Å². The molecule has 3 aliphatic carbocycles. The summed E-state index contributed by atoms with van der Waals surface area (Å²) in [4.78, 5) is 26.6. The number of carbonyl (C=O) groups is 2. The predicted molar refractivity (Wildman–Crippen MR) is 113 cm³/mol. The molecule has 1 aromatic heterocycles. The second-order valence-corrected chi connectivity index (χ2v) is 10.4. The smallest absolute Gasteiger partial charge is 0.254 e. The second kappa shape index (κ2) is 8.13. The van der Waals surface area contributed by atoms with E-state index in [9.17, 15) is 9.59 Å². The summed E-state index contributed by atoms with van der Waals surface area (Å²) in [5.74, 6) is 0.854. The molecule has 3 aliphatic rings. The quantitative estimate of drug-likeness (QED) is 0.578. The van der Waals surface area contributed by atoms with Gasteiger partial charge in [-0.15, -0.1) is 23.1 Å². The number of fused-ring (bicyclic) bond motifs is 1. The number of nitrogens with one attached hydrogen (secondary N) is 3. The van der Waals surface area contributed by atoms with E-state index in [0.717, 1.165) is 54.8 Å². The predicted octanol–water partition coefficient (Wildman–Crippen LogP) is 3.39. The van der Waals surface area contributed by atoms with Gasteiger partial charge in [-0.25, -0.2) is 0 Å². The van der Waals surface area contributed by atoms with Crippen molar-refractivity contribution in [1.29, 1.82) is 0 Å². The Balaban J connectivity index is 1.55. The topological polar surface area (TPSA) is 70.2 Å². The molecule has 2 unspecified atom stereocenters. The van der Waals surface area contributed by atoms with Gasteiger partial charge in [0, 0.05) is 23.4 Å². The monoisotopic (exact) mass is 407 g/mol. The van der Waals surface area contributed by atoms with E-state index < -0.39 is 0 Å². The molecule has 7 heteroatoms. The summed E-state index contributed by atoms with van der Waals surface area (Å²) in [6, 6.07) is 0.386. The molecule has 0 aliphatic heterocycles. The zero-order valence-corrected chi connectivity index (χ0v) is 17.7. The van der Waals surface area contributed by atoms with Crippen LogP contribution < -0.4 is 16.0 Å². The SMILES string of the molecule is CSC(C)NC1CCc2sc(NC(=O)C3CC3)c(C(=O)NCC3CC3)c2C1. The Kier molecular flexibility index (Phi) is 5.81. The van der Waals surface area contributed by atoms with Gasteiger partial charge in [-0.2, -0.15) is 0 Å². The van der Waals surface area contributed by atoms with Crippen LogP contribution in [0.2, 0.25) is 0 Å². The van der Waals surface area contributed by atoms with Crippen molar-refractivity contribution in [2.75, 3.05) is 18.1 Å². The molecule has 2 atom stereocenters. The first-order chi connectivity index (χ1) is 13.0. The first-order valence-corrected chi connectivity index (χ1v) is 12.2. The van der Waals surface area contributed by atoms with E-state index in [4.69, 9.17) is 0 Å². The molecular weight excluding hydrogens is 378 g/mol. The summed E-state index contributed by atoms with van der Waals surface area (Å²) >= 11 is 3.42. The third-order valence-electron chi connectivity index (χ3n) is 5.75. The largest absolute Gasteiger partial charge is 0.352 e. The van der Waals surface area contributed by atoms with Crippen LogP contribution in [0.15, 0.2) is 0 Å². The summed E-state index contributed by atoms with van der Waals surface area (Å²) in [5.41, 5.74) is 1.88. The van der Waals surface area contributed by atoms with Gasteiger partial charge in [0.2, 0.25) is 5.91 Å². The van der Waals surface area contributed by atoms with Crippen LogP contribution >= 0.6 is 23.1 Å². The number of hydrogen-bond acceptors (Lipinski definition) is 5. The lowest BCUT2D eigenvalue weighted by atomic mass is 9.91. The molecule has 0 aromatic carbocycles. The molecular formula is C20H29N3O2S2. The lowest BCUT2D eigenvalue weighted by Gasteiger charge is -2.26. The molecule has 2 amide bonds. The molecule has 0 bridgehead atoms. The zero-order valence-electron chi connectivity index (χ0n) is 16.1. The van der Waals surface area contributed by atoms with Crippen molar-refractivity contribution < 1.29 is 9.59 Å². The van der Waals surface area contributed by atoms with Gasteiger partial charge in [0.1, 0.15) is 5.00 Å². The van der Waals surface area contributed by atoms with Crippen molar-refractivity contribution in [3.8, 4) is 0 Å². The molecule has 1 heterocycles. The van der Waals surface area contributed by atoms with Gasteiger partial charge < -0.3 is 16.0 Å². The normalized spacial score (nSPS) is 22.8. The lowest BCUT2D eigenvalue weighted by Crippen LogP contribution is -2.39. The van der Waals surface area contributed by atoms with Crippen molar-refractivity contribution in [2.45, 2.75) is 63.3 Å². The number of amides is 2. The number of aryl methyl sites for hydroxylation is 1. The number of anilines is 1. The Morgan fingerprint density at radius 3 is 2.67 bits per heavy atom. The Hall–Kier alpha value is -1.05. The first kappa shape index (κ1) is 19.3. The third-order valence-corrected chi connectivity index (χ3v) is 7.80. The van der Waals surface area contributed by atoms with Crippen LogP contribution in [-0.4, -0.2) is 36.0 Å². The van der Waals surface area contributed by atoms with Gasteiger partial charge in [0.05, 0.1) is 10.9 Å². The molecule has 3 N–H and O–H groups in total. The average molecular weight is 408 g/mol. The maximum atomic E-state index is 13.0. The van der Waals surface area contributed by atoms with Gasteiger partial charge >= 0.3 is 0 Å². The molecule has 148 valence electrons. The van der Waals surface area contributed by atoms with Gasteiger partial charge in [-0.1, -0.05) is 0 Å². The van der Waals surface area contributed by atoms with E-state index in [1.165, 1.54) is 17.7 Å². The maximum Gasteiger partial charge on any atom is 0.254 e. The van der Waals surface area contributed by atoms with Crippen molar-refractivity contribution >= 4 is 39.9 Å². The molecule has 4 rings (SSSR count). The van der Waals surface area contributed by atoms with E-state index in [0.29, 0.717) is 17.3 Å². The fourth-order valence-corrected chi connectivity index (χ4v) is 5.23. The molecule has 0 saturated heterocycles. The minimum Gasteiger partial charge on any atom is -0.352 e. The van der Waals surface area contributed by atoms with E-state index in [1.807, 2.05) is 11.8 Å². The van der Waals surface area contributed by atoms with Crippen molar-refractivity contribution in [3.63, 3.8) is 0 Å². The lowest BCUT2D eigenvalue weighted by molar-refractivity contribution is -0.117. The highest BCUT2D eigenvalue weighted by molar-refractivity contribution is 7.99. The Morgan fingerprint density at radius 1 is 1.22 bits per heavy atom. The molecule has 2 saturated carbocycles. The van der Waals surface area contributed by atoms with Crippen molar-refractivity contribution in [3.05, 3.63) is 16.0 Å². The van der Waals surface area contributed by atoms with E-state index in [-0.39, 0.29) is 17.7 Å². The molecule has 27 heavy (non-hydrogen) atoms. The van der Waals surface area contributed by atoms with Crippen LogP contribution in [0.5, 0.6) is 0 Å². The Morgan fingerprint density at radius 2 is 2.00 bits per heavy atom. The average Bonchev–Trinajstić information content (AvgIpc) is 3.56. The van der Waals surface area contributed by atoms with Crippen LogP contribution in [0.3, 0.4) is 0 Å². The van der Waals surface area contributed by atoms with Crippen LogP contribution in [-0.2, 0) is 17.6 Å². The fraction of sp³-hybridized carbons (Fsp3) is 0.700. The molecule has 0 radical (unpaired) electrons. The highest BCUT2D eigenvalue weighted by atomic mass is 32.2. The van der Waals surface area contributed by atoms with E-state index in [1.54, 1.807) is 11.3 Å². The number of thioether (sulfide) groups is 1. The standard InChI is InChI=1S/C20H29N3O2S2/c1-11(26-2)22-14-7-8-16-15(9-14)17(19(25)21-10-12-3-4-12)20(27-16)23-18(24)13-5-6-13/h11-14,22H,3-10H2,1-2H3,(H,21,25)(H,23,24). The van der Waals surface area contributed by atoms with Gasteiger partial charge in [-0.05, 0) is 69.6 Å². The molecule has 5 nitrogen and oxygen atoms in total. The van der Waals surface area contributed by atoms with Crippen molar-refractivity contribution in [1.82, 2.24) is 10.6 Å². The van der Waals surface area contributed by atoms with Crippen LogP contribution in [0, 0.1) is 11.8 Å². The minimum atomic E-state index is -0.0101. The van der Waals surface area contributed by atoms with Crippen LogP contribution in [0.4, 0.5) is 5.00 Å².